The molecule has 2 fully saturated rings. The molecule has 0 atom stereocenters. The molecule has 0 aliphatic carbocycles. The highest BCUT2D eigenvalue weighted by Crippen LogP contribution is 2.26. The summed E-state index contributed by atoms with van der Waals surface area (Å²) >= 11 is 9.56. The van der Waals surface area contributed by atoms with Crippen molar-refractivity contribution in [1.29, 1.82) is 0 Å². The third-order valence-electron chi connectivity index (χ3n) is 4.96. The van der Waals surface area contributed by atoms with Crippen LogP contribution in [0, 0.1) is 5.92 Å². The minimum absolute atomic E-state index is 0.00574. The van der Waals surface area contributed by atoms with Crippen LogP contribution in [-0.2, 0) is 4.79 Å². The number of halogens is 2. The highest BCUT2D eigenvalue weighted by atomic mass is 79.9. The van der Waals surface area contributed by atoms with Crippen molar-refractivity contribution in [2.45, 2.75) is 32.1 Å². The molecule has 0 N–H and O–H groups in total. The van der Waals surface area contributed by atoms with Gasteiger partial charge in [-0.15, -0.1) is 0 Å². The van der Waals surface area contributed by atoms with Gasteiger partial charge in [-0.1, -0.05) is 27.5 Å². The molecular formula is C18H22BrClN2O2. The number of hydrogen-bond acceptors (Lipinski definition) is 2. The van der Waals surface area contributed by atoms with Crippen LogP contribution < -0.4 is 0 Å². The summed E-state index contributed by atoms with van der Waals surface area (Å²) in [6.07, 6.45) is 4.72. The van der Waals surface area contributed by atoms with E-state index in [4.69, 9.17) is 11.6 Å². The van der Waals surface area contributed by atoms with Gasteiger partial charge in [0.2, 0.25) is 5.91 Å². The van der Waals surface area contributed by atoms with E-state index in [2.05, 4.69) is 15.9 Å². The van der Waals surface area contributed by atoms with Crippen LogP contribution >= 0.6 is 27.5 Å². The van der Waals surface area contributed by atoms with Crippen molar-refractivity contribution in [2.75, 3.05) is 26.2 Å². The molecule has 0 saturated carbocycles. The SMILES string of the molecule is O=C1CCCCN1CC1CCN(C(=O)c2cc(Br)ccc2Cl)CC1. The van der Waals surface area contributed by atoms with Crippen LogP contribution in [-0.4, -0.2) is 47.8 Å². The van der Waals surface area contributed by atoms with Gasteiger partial charge < -0.3 is 9.80 Å². The Bertz CT molecular complexity index is 629. The summed E-state index contributed by atoms with van der Waals surface area (Å²) in [5, 5.41) is 0.490. The van der Waals surface area contributed by atoms with Crippen LogP contribution in [0.25, 0.3) is 0 Å². The highest BCUT2D eigenvalue weighted by molar-refractivity contribution is 9.10. The molecule has 0 bridgehead atoms. The lowest BCUT2D eigenvalue weighted by Gasteiger charge is -2.36. The molecule has 2 aliphatic heterocycles. The fourth-order valence-corrected chi connectivity index (χ4v) is 4.08. The summed E-state index contributed by atoms with van der Waals surface area (Å²) in [6, 6.07) is 5.36. The summed E-state index contributed by atoms with van der Waals surface area (Å²) in [6.45, 7) is 3.20. The molecule has 2 aliphatic rings. The van der Waals surface area contributed by atoms with Gasteiger partial charge in [0.1, 0.15) is 0 Å². The number of rotatable bonds is 3. The third-order valence-corrected chi connectivity index (χ3v) is 5.78. The van der Waals surface area contributed by atoms with Crippen molar-refractivity contribution in [2.24, 2.45) is 5.92 Å². The predicted octanol–water partition coefficient (Wildman–Crippen LogP) is 3.97. The molecule has 0 radical (unpaired) electrons. The first-order valence-electron chi connectivity index (χ1n) is 8.56. The average Bonchev–Trinajstić information content (AvgIpc) is 2.59. The van der Waals surface area contributed by atoms with Crippen LogP contribution in [0.2, 0.25) is 5.02 Å². The minimum Gasteiger partial charge on any atom is -0.342 e. The number of hydrogen-bond donors (Lipinski definition) is 0. The van der Waals surface area contributed by atoms with E-state index in [1.807, 2.05) is 15.9 Å². The number of piperidine rings is 2. The molecule has 6 heteroatoms. The zero-order valence-electron chi connectivity index (χ0n) is 13.6. The third kappa shape index (κ3) is 4.12. The number of nitrogens with zero attached hydrogens (tertiary/aromatic N) is 2. The maximum atomic E-state index is 12.7. The van der Waals surface area contributed by atoms with E-state index in [0.717, 1.165) is 56.3 Å². The summed E-state index contributed by atoms with van der Waals surface area (Å²) in [4.78, 5) is 28.5. The number of carbonyl (C=O) groups is 2. The first kappa shape index (κ1) is 17.7. The van der Waals surface area contributed by atoms with E-state index in [-0.39, 0.29) is 5.91 Å². The van der Waals surface area contributed by atoms with Gasteiger partial charge in [-0.05, 0) is 49.8 Å². The molecule has 2 heterocycles. The molecule has 24 heavy (non-hydrogen) atoms. The second-order valence-corrected chi connectivity index (χ2v) is 7.98. The molecule has 3 rings (SSSR count). The first-order chi connectivity index (χ1) is 11.5. The van der Waals surface area contributed by atoms with E-state index in [0.29, 0.717) is 28.8 Å². The van der Waals surface area contributed by atoms with Gasteiger partial charge in [0.25, 0.3) is 5.91 Å². The lowest BCUT2D eigenvalue weighted by molar-refractivity contribution is -0.134. The number of carbonyl (C=O) groups excluding carboxylic acids is 2. The molecule has 2 saturated heterocycles. The van der Waals surface area contributed by atoms with E-state index in [1.165, 1.54) is 0 Å². The molecule has 1 aromatic rings. The summed E-state index contributed by atoms with van der Waals surface area (Å²) in [5.74, 6) is 0.781. The van der Waals surface area contributed by atoms with Gasteiger partial charge in [-0.2, -0.15) is 0 Å². The Hall–Kier alpha value is -1.07. The Labute approximate surface area is 156 Å². The van der Waals surface area contributed by atoms with Crippen molar-refractivity contribution < 1.29 is 9.59 Å². The lowest BCUT2D eigenvalue weighted by Crippen LogP contribution is -2.44. The van der Waals surface area contributed by atoms with Crippen molar-refractivity contribution >= 4 is 39.3 Å². The summed E-state index contributed by atoms with van der Waals surface area (Å²) in [5.41, 5.74) is 0.552. The van der Waals surface area contributed by atoms with Crippen LogP contribution in [0.3, 0.4) is 0 Å². The van der Waals surface area contributed by atoms with E-state index < -0.39 is 0 Å². The van der Waals surface area contributed by atoms with Gasteiger partial charge in [-0.3, -0.25) is 9.59 Å². The second-order valence-electron chi connectivity index (χ2n) is 6.66. The van der Waals surface area contributed by atoms with Crippen molar-refractivity contribution in [3.05, 3.63) is 33.3 Å². The summed E-state index contributed by atoms with van der Waals surface area (Å²) in [7, 11) is 0. The summed E-state index contributed by atoms with van der Waals surface area (Å²) < 4.78 is 0.855. The van der Waals surface area contributed by atoms with Gasteiger partial charge in [0, 0.05) is 37.1 Å². The Morgan fingerprint density at radius 3 is 2.67 bits per heavy atom. The standard InChI is InChI=1S/C18H22BrClN2O2/c19-14-4-5-16(20)15(11-14)18(24)21-9-6-13(7-10-21)12-22-8-2-1-3-17(22)23/h4-5,11,13H,1-3,6-10,12H2. The molecular weight excluding hydrogens is 392 g/mol. The average molecular weight is 414 g/mol. The predicted molar refractivity (Wildman–Crippen MR) is 98.2 cm³/mol. The van der Waals surface area contributed by atoms with Crippen LogP contribution in [0.4, 0.5) is 0 Å². The van der Waals surface area contributed by atoms with Crippen molar-refractivity contribution in [3.63, 3.8) is 0 Å². The Kier molecular flexibility index (Phi) is 5.82. The zero-order valence-corrected chi connectivity index (χ0v) is 16.0. The van der Waals surface area contributed by atoms with Crippen LogP contribution in [0.5, 0.6) is 0 Å². The van der Waals surface area contributed by atoms with Crippen LogP contribution in [0.15, 0.2) is 22.7 Å². The highest BCUT2D eigenvalue weighted by Gasteiger charge is 2.28. The lowest BCUT2D eigenvalue weighted by atomic mass is 9.94. The van der Waals surface area contributed by atoms with Gasteiger partial charge in [0.05, 0.1) is 10.6 Å². The molecule has 4 nitrogen and oxygen atoms in total. The van der Waals surface area contributed by atoms with E-state index in [9.17, 15) is 9.59 Å². The molecule has 0 aromatic heterocycles. The van der Waals surface area contributed by atoms with E-state index in [1.54, 1.807) is 12.1 Å². The number of benzene rings is 1. The molecule has 1 aromatic carbocycles. The Balaban J connectivity index is 1.55. The van der Waals surface area contributed by atoms with E-state index >= 15 is 0 Å². The quantitative estimate of drug-likeness (QED) is 0.752. The normalized spacial score (nSPS) is 19.7. The van der Waals surface area contributed by atoms with Gasteiger partial charge in [0.15, 0.2) is 0 Å². The maximum absolute atomic E-state index is 12.7. The first-order valence-corrected chi connectivity index (χ1v) is 9.74. The Morgan fingerprint density at radius 2 is 1.96 bits per heavy atom. The maximum Gasteiger partial charge on any atom is 0.255 e. The van der Waals surface area contributed by atoms with Crippen molar-refractivity contribution in [1.82, 2.24) is 9.80 Å². The minimum atomic E-state index is -0.00574. The smallest absolute Gasteiger partial charge is 0.255 e. The number of amides is 2. The van der Waals surface area contributed by atoms with Crippen molar-refractivity contribution in [3.8, 4) is 0 Å². The van der Waals surface area contributed by atoms with Gasteiger partial charge in [-0.25, -0.2) is 0 Å². The monoisotopic (exact) mass is 412 g/mol. The molecule has 0 spiro atoms. The zero-order chi connectivity index (χ0) is 17.1. The fourth-order valence-electron chi connectivity index (χ4n) is 3.52. The Morgan fingerprint density at radius 1 is 1.21 bits per heavy atom. The molecule has 2 amide bonds. The largest absolute Gasteiger partial charge is 0.342 e. The van der Waals surface area contributed by atoms with Crippen LogP contribution in [0.1, 0.15) is 42.5 Å². The molecule has 0 unspecified atom stereocenters. The topological polar surface area (TPSA) is 40.6 Å². The second kappa shape index (κ2) is 7.87. The number of likely N-dealkylation sites (tertiary alicyclic amines) is 2. The molecule has 130 valence electrons. The van der Waals surface area contributed by atoms with Gasteiger partial charge >= 0.3 is 0 Å². The fraction of sp³-hybridized carbons (Fsp3) is 0.556.